The largest absolute Gasteiger partial charge is 0.466 e. The van der Waals surface area contributed by atoms with E-state index < -0.39 is 0 Å². The Balaban J connectivity index is 1.84. The van der Waals surface area contributed by atoms with Crippen LogP contribution in [0.15, 0.2) is 48.5 Å². The Kier molecular flexibility index (Phi) is 4.98. The first kappa shape index (κ1) is 14.4. The molecule has 0 spiro atoms. The summed E-state index contributed by atoms with van der Waals surface area (Å²) >= 11 is 6.04. The van der Waals surface area contributed by atoms with Crippen LogP contribution in [0.1, 0.15) is 11.1 Å². The van der Waals surface area contributed by atoms with Crippen molar-refractivity contribution in [3.05, 3.63) is 64.7 Å². The van der Waals surface area contributed by atoms with Crippen molar-refractivity contribution >= 4 is 17.4 Å². The van der Waals surface area contributed by atoms with Crippen LogP contribution in [0.5, 0.6) is 5.75 Å². The van der Waals surface area contributed by atoms with E-state index in [1.54, 1.807) is 18.2 Å². The normalized spacial score (nSPS) is 10.2. The highest BCUT2D eigenvalue weighted by atomic mass is 35.5. The van der Waals surface area contributed by atoms with Crippen molar-refractivity contribution in [3.8, 4) is 5.75 Å². The summed E-state index contributed by atoms with van der Waals surface area (Å²) in [5, 5.41) is 7.72. The van der Waals surface area contributed by atoms with Gasteiger partial charge in [0.05, 0.1) is 11.6 Å². The monoisotopic (exact) mass is 290 g/mol. The zero-order valence-electron chi connectivity index (χ0n) is 10.8. The Morgan fingerprint density at radius 1 is 1.15 bits per heavy atom. The number of halogens is 1. The van der Waals surface area contributed by atoms with Gasteiger partial charge in [-0.1, -0.05) is 41.9 Å². The molecule has 0 unspecified atom stereocenters. The molecule has 0 aliphatic carbocycles. The van der Waals surface area contributed by atoms with Gasteiger partial charge in [0, 0.05) is 5.56 Å². The van der Waals surface area contributed by atoms with E-state index in [-0.39, 0.29) is 12.6 Å². The summed E-state index contributed by atoms with van der Waals surface area (Å²) in [7, 11) is 0. The molecule has 0 saturated carbocycles. The van der Waals surface area contributed by atoms with Crippen LogP contribution in [-0.4, -0.2) is 12.6 Å². The van der Waals surface area contributed by atoms with E-state index in [1.165, 1.54) is 0 Å². The van der Waals surface area contributed by atoms with Gasteiger partial charge < -0.3 is 15.2 Å². The van der Waals surface area contributed by atoms with Crippen LogP contribution < -0.4 is 10.5 Å². The lowest BCUT2D eigenvalue weighted by molar-refractivity contribution is 0.00510. The number of nitrogen functional groups attached to an aromatic ring is 1. The summed E-state index contributed by atoms with van der Waals surface area (Å²) in [6.07, 6.45) is 0. The highest BCUT2D eigenvalue weighted by Crippen LogP contribution is 2.25. The van der Waals surface area contributed by atoms with E-state index >= 15 is 0 Å². The van der Waals surface area contributed by atoms with Crippen LogP contribution in [0, 0.1) is 5.41 Å². The first-order valence-corrected chi connectivity index (χ1v) is 6.43. The fourth-order valence-corrected chi connectivity index (χ4v) is 1.86. The SMILES string of the molecule is N=C(N)c1ccc(OCOCc2ccccc2)c(Cl)c1. The second-order valence-corrected chi connectivity index (χ2v) is 4.56. The molecule has 0 aliphatic rings. The minimum atomic E-state index is -0.0289. The number of nitrogens with one attached hydrogen (secondary N) is 1. The van der Waals surface area contributed by atoms with Gasteiger partial charge in [0.1, 0.15) is 11.6 Å². The highest BCUT2D eigenvalue weighted by Gasteiger charge is 2.04. The van der Waals surface area contributed by atoms with Crippen molar-refractivity contribution < 1.29 is 9.47 Å². The Labute approximate surface area is 122 Å². The second kappa shape index (κ2) is 6.93. The summed E-state index contributed by atoms with van der Waals surface area (Å²) in [6.45, 7) is 0.581. The van der Waals surface area contributed by atoms with Crippen LogP contribution in [0.2, 0.25) is 5.02 Å². The molecule has 0 aliphatic heterocycles. The highest BCUT2D eigenvalue weighted by molar-refractivity contribution is 6.32. The van der Waals surface area contributed by atoms with Crippen molar-refractivity contribution in [2.45, 2.75) is 6.61 Å². The lowest BCUT2D eigenvalue weighted by atomic mass is 10.2. The average molecular weight is 291 g/mol. The summed E-state index contributed by atoms with van der Waals surface area (Å²) in [4.78, 5) is 0. The standard InChI is InChI=1S/C15H15ClN2O2/c16-13-8-12(15(17)18)6-7-14(13)20-10-19-9-11-4-2-1-3-5-11/h1-8H,9-10H2,(H3,17,18). The van der Waals surface area contributed by atoms with Gasteiger partial charge in [0.2, 0.25) is 0 Å². The molecule has 2 aromatic carbocycles. The van der Waals surface area contributed by atoms with Crippen molar-refractivity contribution in [3.63, 3.8) is 0 Å². The van der Waals surface area contributed by atoms with E-state index in [1.807, 2.05) is 30.3 Å². The fourth-order valence-electron chi connectivity index (χ4n) is 1.62. The van der Waals surface area contributed by atoms with Crippen LogP contribution in [0.3, 0.4) is 0 Å². The third-order valence-electron chi connectivity index (χ3n) is 2.65. The maximum absolute atomic E-state index is 7.32. The first-order valence-electron chi connectivity index (χ1n) is 6.05. The van der Waals surface area contributed by atoms with Crippen LogP contribution in [0.25, 0.3) is 0 Å². The van der Waals surface area contributed by atoms with Crippen LogP contribution in [-0.2, 0) is 11.3 Å². The maximum atomic E-state index is 7.32. The lowest BCUT2D eigenvalue weighted by Gasteiger charge is -2.09. The molecular formula is C15H15ClN2O2. The van der Waals surface area contributed by atoms with E-state index in [0.717, 1.165) is 5.56 Å². The summed E-state index contributed by atoms with van der Waals surface area (Å²) in [5.41, 5.74) is 7.02. The molecule has 0 aromatic heterocycles. The molecule has 0 bridgehead atoms. The fraction of sp³-hybridized carbons (Fsp3) is 0.133. The van der Waals surface area contributed by atoms with E-state index in [4.69, 9.17) is 32.2 Å². The molecule has 0 atom stereocenters. The smallest absolute Gasteiger partial charge is 0.189 e. The molecule has 0 fully saturated rings. The van der Waals surface area contributed by atoms with Gasteiger partial charge in [-0.25, -0.2) is 0 Å². The maximum Gasteiger partial charge on any atom is 0.189 e. The molecule has 0 radical (unpaired) electrons. The van der Waals surface area contributed by atoms with Gasteiger partial charge in [-0.3, -0.25) is 5.41 Å². The molecule has 0 amide bonds. The van der Waals surface area contributed by atoms with Gasteiger partial charge in [0.25, 0.3) is 0 Å². The Bertz CT molecular complexity index is 588. The Morgan fingerprint density at radius 2 is 1.90 bits per heavy atom. The minimum Gasteiger partial charge on any atom is -0.466 e. The molecule has 2 rings (SSSR count). The van der Waals surface area contributed by atoms with Crippen LogP contribution >= 0.6 is 11.6 Å². The zero-order valence-corrected chi connectivity index (χ0v) is 11.6. The van der Waals surface area contributed by atoms with E-state index in [0.29, 0.717) is 22.9 Å². The number of benzene rings is 2. The number of ether oxygens (including phenoxy) is 2. The van der Waals surface area contributed by atoms with Crippen molar-refractivity contribution in [1.82, 2.24) is 0 Å². The van der Waals surface area contributed by atoms with Gasteiger partial charge in [-0.05, 0) is 23.8 Å². The molecule has 2 aromatic rings. The zero-order chi connectivity index (χ0) is 14.4. The van der Waals surface area contributed by atoms with E-state index in [9.17, 15) is 0 Å². The van der Waals surface area contributed by atoms with Gasteiger partial charge >= 0.3 is 0 Å². The number of nitrogens with two attached hydrogens (primary N) is 1. The molecule has 5 heteroatoms. The Hall–Kier alpha value is -2.04. The summed E-state index contributed by atoms with van der Waals surface area (Å²) < 4.78 is 10.8. The van der Waals surface area contributed by atoms with Gasteiger partial charge in [-0.15, -0.1) is 0 Å². The Morgan fingerprint density at radius 3 is 2.55 bits per heavy atom. The molecular weight excluding hydrogens is 276 g/mol. The molecule has 0 saturated heterocycles. The third kappa shape index (κ3) is 3.98. The predicted octanol–water partition coefficient (Wildman–Crippen LogP) is 3.18. The minimum absolute atomic E-state index is 0.0289. The molecule has 3 N–H and O–H groups in total. The number of hydrogen-bond acceptors (Lipinski definition) is 3. The quantitative estimate of drug-likeness (QED) is 0.371. The van der Waals surface area contributed by atoms with Crippen LogP contribution in [0.4, 0.5) is 0 Å². The molecule has 20 heavy (non-hydrogen) atoms. The number of rotatable bonds is 6. The summed E-state index contributed by atoms with van der Waals surface area (Å²) in [6, 6.07) is 14.8. The van der Waals surface area contributed by atoms with E-state index in [2.05, 4.69) is 0 Å². The van der Waals surface area contributed by atoms with Crippen molar-refractivity contribution in [2.24, 2.45) is 5.73 Å². The molecule has 4 nitrogen and oxygen atoms in total. The number of amidine groups is 1. The summed E-state index contributed by atoms with van der Waals surface area (Å²) in [5.74, 6) is 0.475. The van der Waals surface area contributed by atoms with Gasteiger partial charge in [0.15, 0.2) is 6.79 Å². The molecule has 104 valence electrons. The first-order chi connectivity index (χ1) is 9.66. The molecule has 0 heterocycles. The topological polar surface area (TPSA) is 68.3 Å². The van der Waals surface area contributed by atoms with Gasteiger partial charge in [-0.2, -0.15) is 0 Å². The third-order valence-corrected chi connectivity index (χ3v) is 2.95. The van der Waals surface area contributed by atoms with Crippen molar-refractivity contribution in [2.75, 3.05) is 6.79 Å². The van der Waals surface area contributed by atoms with Crippen molar-refractivity contribution in [1.29, 1.82) is 5.41 Å². The second-order valence-electron chi connectivity index (χ2n) is 4.16. The lowest BCUT2D eigenvalue weighted by Crippen LogP contribution is -2.11. The predicted molar refractivity (Wildman–Crippen MR) is 79.2 cm³/mol. The number of hydrogen-bond donors (Lipinski definition) is 2. The average Bonchev–Trinajstić information content (AvgIpc) is 2.46.